The van der Waals surface area contributed by atoms with Gasteiger partial charge in [0.25, 0.3) is 0 Å². The molecule has 0 unspecified atom stereocenters. The zero-order chi connectivity index (χ0) is 15.0. The first-order chi connectivity index (χ1) is 10.1. The molecular weight excluding hydrogens is 306 g/mol. The number of hydrogen-bond donors (Lipinski definition) is 2. The van der Waals surface area contributed by atoms with Gasteiger partial charge in [-0.25, -0.2) is 4.98 Å². The van der Waals surface area contributed by atoms with Gasteiger partial charge in [0.05, 0.1) is 11.3 Å². The Balaban J connectivity index is 1.87. The molecule has 0 aliphatic carbocycles. The molecule has 0 radical (unpaired) electrons. The Kier molecular flexibility index (Phi) is 3.64. The van der Waals surface area contributed by atoms with Gasteiger partial charge >= 0.3 is 0 Å². The SMILES string of the molecule is Cc1csc(-c2c(N)nsc2NCc2c(C)noc2C)n1. The number of aryl methyl sites for hydroxylation is 3. The van der Waals surface area contributed by atoms with Crippen molar-refractivity contribution >= 4 is 33.7 Å². The summed E-state index contributed by atoms with van der Waals surface area (Å²) in [4.78, 5) is 4.49. The summed E-state index contributed by atoms with van der Waals surface area (Å²) in [5.41, 5.74) is 9.80. The van der Waals surface area contributed by atoms with Gasteiger partial charge in [0.1, 0.15) is 21.6 Å². The van der Waals surface area contributed by atoms with Crippen molar-refractivity contribution in [3.05, 3.63) is 28.1 Å². The minimum Gasteiger partial charge on any atom is -0.382 e. The highest BCUT2D eigenvalue weighted by atomic mass is 32.1. The van der Waals surface area contributed by atoms with Crippen LogP contribution in [0.3, 0.4) is 0 Å². The van der Waals surface area contributed by atoms with Crippen molar-refractivity contribution in [1.29, 1.82) is 0 Å². The fourth-order valence-electron chi connectivity index (χ4n) is 2.02. The van der Waals surface area contributed by atoms with E-state index in [4.69, 9.17) is 10.3 Å². The maximum absolute atomic E-state index is 5.99. The minimum absolute atomic E-state index is 0.510. The Morgan fingerprint density at radius 1 is 1.33 bits per heavy atom. The molecule has 0 aliphatic rings. The summed E-state index contributed by atoms with van der Waals surface area (Å²) in [5.74, 6) is 1.33. The molecule has 6 nitrogen and oxygen atoms in total. The van der Waals surface area contributed by atoms with E-state index in [1.165, 1.54) is 11.5 Å². The fraction of sp³-hybridized carbons (Fsp3) is 0.308. The summed E-state index contributed by atoms with van der Waals surface area (Å²) >= 11 is 2.91. The lowest BCUT2D eigenvalue weighted by Gasteiger charge is -2.05. The molecule has 0 saturated carbocycles. The third kappa shape index (κ3) is 2.64. The number of nitrogens with two attached hydrogens (primary N) is 1. The van der Waals surface area contributed by atoms with Crippen LogP contribution < -0.4 is 11.1 Å². The average Bonchev–Trinajstić information content (AvgIpc) is 3.10. The molecule has 21 heavy (non-hydrogen) atoms. The molecule has 0 spiro atoms. The van der Waals surface area contributed by atoms with Gasteiger partial charge in [-0.3, -0.25) is 0 Å². The summed E-state index contributed by atoms with van der Waals surface area (Å²) in [6, 6.07) is 0. The topological polar surface area (TPSA) is 89.9 Å². The van der Waals surface area contributed by atoms with Crippen molar-refractivity contribution < 1.29 is 4.52 Å². The molecule has 0 aromatic carbocycles. The van der Waals surface area contributed by atoms with Crippen LogP contribution in [0, 0.1) is 20.8 Å². The molecule has 110 valence electrons. The van der Waals surface area contributed by atoms with E-state index < -0.39 is 0 Å². The lowest BCUT2D eigenvalue weighted by molar-refractivity contribution is 0.392. The molecule has 0 bridgehead atoms. The summed E-state index contributed by atoms with van der Waals surface area (Å²) in [6.45, 7) is 6.43. The smallest absolute Gasteiger partial charge is 0.149 e. The second-order valence-electron chi connectivity index (χ2n) is 4.72. The second kappa shape index (κ2) is 5.45. The van der Waals surface area contributed by atoms with E-state index in [0.717, 1.165) is 38.3 Å². The van der Waals surface area contributed by atoms with Crippen molar-refractivity contribution in [1.82, 2.24) is 14.5 Å². The predicted molar refractivity (Wildman–Crippen MR) is 85.7 cm³/mol. The number of rotatable bonds is 4. The van der Waals surface area contributed by atoms with Gasteiger partial charge in [-0.2, -0.15) is 4.37 Å². The van der Waals surface area contributed by atoms with Crippen LogP contribution in [-0.2, 0) is 6.54 Å². The van der Waals surface area contributed by atoms with Crippen LogP contribution in [0.5, 0.6) is 0 Å². The Hall–Kier alpha value is -1.93. The first kappa shape index (κ1) is 14.0. The molecule has 3 aromatic rings. The summed E-state index contributed by atoms with van der Waals surface area (Å²) < 4.78 is 9.40. The van der Waals surface area contributed by atoms with E-state index in [2.05, 4.69) is 19.8 Å². The van der Waals surface area contributed by atoms with Crippen LogP contribution in [-0.4, -0.2) is 14.5 Å². The molecular formula is C13H15N5OS2. The van der Waals surface area contributed by atoms with Gasteiger partial charge < -0.3 is 15.6 Å². The van der Waals surface area contributed by atoms with Gasteiger partial charge in [0, 0.05) is 23.2 Å². The highest BCUT2D eigenvalue weighted by molar-refractivity contribution is 7.15. The lowest BCUT2D eigenvalue weighted by atomic mass is 10.2. The van der Waals surface area contributed by atoms with Gasteiger partial charge in [-0.15, -0.1) is 11.3 Å². The normalized spacial score (nSPS) is 11.0. The molecule has 0 fully saturated rings. The standard InChI is InChI=1S/C13H15N5OS2/c1-6-5-20-13(16-6)10-11(14)18-21-12(10)15-4-9-7(2)17-19-8(9)3/h5,15H,4H2,1-3H3,(H2,14,18). The first-order valence-electron chi connectivity index (χ1n) is 6.39. The van der Waals surface area contributed by atoms with Gasteiger partial charge in [0.2, 0.25) is 0 Å². The van der Waals surface area contributed by atoms with Crippen molar-refractivity contribution in [2.45, 2.75) is 27.3 Å². The number of nitrogens with zero attached hydrogens (tertiary/aromatic N) is 3. The van der Waals surface area contributed by atoms with Crippen LogP contribution >= 0.6 is 22.9 Å². The Bertz CT molecular complexity index is 754. The average molecular weight is 321 g/mol. The maximum atomic E-state index is 5.99. The van der Waals surface area contributed by atoms with Gasteiger partial charge in [-0.1, -0.05) is 5.16 Å². The number of anilines is 2. The molecule has 0 amide bonds. The number of nitrogen functional groups attached to an aromatic ring is 1. The van der Waals surface area contributed by atoms with E-state index in [1.807, 2.05) is 26.2 Å². The first-order valence-corrected chi connectivity index (χ1v) is 8.05. The zero-order valence-corrected chi connectivity index (χ0v) is 13.6. The molecule has 3 N–H and O–H groups in total. The highest BCUT2D eigenvalue weighted by Crippen LogP contribution is 2.38. The number of hydrogen-bond acceptors (Lipinski definition) is 8. The molecule has 3 heterocycles. The summed E-state index contributed by atoms with van der Waals surface area (Å²) in [7, 11) is 0. The van der Waals surface area contributed by atoms with E-state index in [0.29, 0.717) is 12.4 Å². The third-order valence-electron chi connectivity index (χ3n) is 3.16. The van der Waals surface area contributed by atoms with Crippen molar-refractivity contribution in [2.24, 2.45) is 0 Å². The van der Waals surface area contributed by atoms with Crippen LogP contribution in [0.1, 0.15) is 22.7 Å². The second-order valence-corrected chi connectivity index (χ2v) is 6.35. The third-order valence-corrected chi connectivity index (χ3v) is 4.95. The van der Waals surface area contributed by atoms with Crippen molar-refractivity contribution in [2.75, 3.05) is 11.1 Å². The monoisotopic (exact) mass is 321 g/mol. The number of thiazole rings is 1. The van der Waals surface area contributed by atoms with Gasteiger partial charge in [-0.05, 0) is 32.3 Å². The number of nitrogens with one attached hydrogen (secondary N) is 1. The van der Waals surface area contributed by atoms with E-state index in [9.17, 15) is 0 Å². The quantitative estimate of drug-likeness (QED) is 0.765. The number of aromatic nitrogens is 3. The minimum atomic E-state index is 0.510. The lowest BCUT2D eigenvalue weighted by Crippen LogP contribution is -2.01. The maximum Gasteiger partial charge on any atom is 0.149 e. The molecule has 0 atom stereocenters. The molecule has 0 aliphatic heterocycles. The van der Waals surface area contributed by atoms with E-state index in [1.54, 1.807) is 11.3 Å². The molecule has 8 heteroatoms. The Labute approximate surface area is 130 Å². The van der Waals surface area contributed by atoms with E-state index >= 15 is 0 Å². The Morgan fingerprint density at radius 3 is 2.76 bits per heavy atom. The molecule has 3 rings (SSSR count). The predicted octanol–water partition coefficient (Wildman–Crippen LogP) is 3.37. The van der Waals surface area contributed by atoms with Crippen molar-refractivity contribution in [3.63, 3.8) is 0 Å². The summed E-state index contributed by atoms with van der Waals surface area (Å²) in [5, 5.41) is 11.1. The Morgan fingerprint density at radius 2 is 2.14 bits per heavy atom. The largest absolute Gasteiger partial charge is 0.382 e. The van der Waals surface area contributed by atoms with Gasteiger partial charge in [0.15, 0.2) is 0 Å². The highest BCUT2D eigenvalue weighted by Gasteiger charge is 2.17. The molecule has 3 aromatic heterocycles. The fourth-order valence-corrected chi connectivity index (χ4v) is 3.65. The van der Waals surface area contributed by atoms with E-state index in [-0.39, 0.29) is 0 Å². The van der Waals surface area contributed by atoms with Crippen LogP contribution in [0.2, 0.25) is 0 Å². The van der Waals surface area contributed by atoms with Crippen molar-refractivity contribution in [3.8, 4) is 10.6 Å². The summed E-state index contributed by atoms with van der Waals surface area (Å²) in [6.07, 6.45) is 0. The van der Waals surface area contributed by atoms with Crippen LogP contribution in [0.4, 0.5) is 10.8 Å². The zero-order valence-electron chi connectivity index (χ0n) is 11.9. The van der Waals surface area contributed by atoms with Crippen LogP contribution in [0.15, 0.2) is 9.90 Å². The van der Waals surface area contributed by atoms with Crippen LogP contribution in [0.25, 0.3) is 10.6 Å². The molecule has 0 saturated heterocycles.